The fourth-order valence-corrected chi connectivity index (χ4v) is 0.698. The van der Waals surface area contributed by atoms with E-state index in [2.05, 4.69) is 21.1 Å². The predicted octanol–water partition coefficient (Wildman–Crippen LogP) is 0.465. The Bertz CT molecular complexity index is 65.8. The first-order valence-electron chi connectivity index (χ1n) is 3.47. The van der Waals surface area contributed by atoms with Crippen molar-refractivity contribution < 1.29 is 9.59 Å². The lowest BCUT2D eigenvalue weighted by atomic mass is 10.3. The monoisotopic (exact) mass is 132 g/mol. The number of hydrogen-bond donors (Lipinski definition) is 1. The molecule has 0 fully saturated rings. The molecule has 0 rings (SSSR count). The van der Waals surface area contributed by atoms with E-state index in [4.69, 9.17) is 5.11 Å². The smallest absolute Gasteiger partial charge is 0.0781 e. The Hall–Kier alpha value is -0.0800. The summed E-state index contributed by atoms with van der Waals surface area (Å²) in [6.07, 6.45) is 2.06. The van der Waals surface area contributed by atoms with Crippen LogP contribution in [0.15, 0.2) is 0 Å². The van der Waals surface area contributed by atoms with Crippen LogP contribution in [0.4, 0.5) is 0 Å². The van der Waals surface area contributed by atoms with E-state index in [0.29, 0.717) is 6.61 Å². The first-order valence-corrected chi connectivity index (χ1v) is 3.47. The van der Waals surface area contributed by atoms with E-state index in [9.17, 15) is 0 Å². The molecule has 0 saturated heterocycles. The molecule has 0 aromatic carbocycles. The van der Waals surface area contributed by atoms with Gasteiger partial charge in [0.25, 0.3) is 0 Å². The number of aliphatic hydroxyl groups excluding tert-OH is 1. The van der Waals surface area contributed by atoms with Gasteiger partial charge < -0.3 is 9.59 Å². The van der Waals surface area contributed by atoms with Crippen molar-refractivity contribution in [1.82, 2.24) is 0 Å². The maximum absolute atomic E-state index is 8.46. The zero-order valence-corrected chi connectivity index (χ0v) is 6.72. The number of nitrogens with zero attached hydrogens (tertiary/aromatic N) is 1. The fourth-order valence-electron chi connectivity index (χ4n) is 0.698. The normalized spacial score (nSPS) is 12.0. The number of unbranched alkanes of at least 4 members (excludes halogenated alkanes) is 1. The molecule has 0 spiro atoms. The second-order valence-corrected chi connectivity index (χ2v) is 3.44. The molecular formula is C7H18NO+. The van der Waals surface area contributed by atoms with Crippen molar-refractivity contribution in [3.05, 3.63) is 0 Å². The zero-order valence-electron chi connectivity index (χ0n) is 6.72. The molecule has 0 aliphatic rings. The summed E-state index contributed by atoms with van der Waals surface area (Å²) in [5, 5.41) is 8.46. The lowest BCUT2D eigenvalue weighted by molar-refractivity contribution is -0.870. The van der Waals surface area contributed by atoms with E-state index in [1.54, 1.807) is 0 Å². The Morgan fingerprint density at radius 2 is 1.67 bits per heavy atom. The van der Waals surface area contributed by atoms with Crippen molar-refractivity contribution in [2.24, 2.45) is 0 Å². The summed E-state index contributed by atoms with van der Waals surface area (Å²) in [4.78, 5) is 0. The lowest BCUT2D eigenvalue weighted by Gasteiger charge is -2.23. The third kappa shape index (κ3) is 7.92. The molecule has 0 aliphatic carbocycles. The number of quaternary nitrogens is 1. The van der Waals surface area contributed by atoms with Gasteiger partial charge in [-0.15, -0.1) is 0 Å². The van der Waals surface area contributed by atoms with Crippen molar-refractivity contribution >= 4 is 0 Å². The van der Waals surface area contributed by atoms with Gasteiger partial charge >= 0.3 is 0 Å². The summed E-state index contributed by atoms with van der Waals surface area (Å²) < 4.78 is 1.00. The van der Waals surface area contributed by atoms with Gasteiger partial charge in [0.1, 0.15) is 0 Å². The third-order valence-corrected chi connectivity index (χ3v) is 1.24. The maximum atomic E-state index is 8.46. The number of rotatable bonds is 4. The van der Waals surface area contributed by atoms with Crippen LogP contribution >= 0.6 is 0 Å². The molecule has 9 heavy (non-hydrogen) atoms. The average molecular weight is 132 g/mol. The molecule has 0 radical (unpaired) electrons. The van der Waals surface area contributed by atoms with Gasteiger partial charge in [0.15, 0.2) is 0 Å². The molecule has 0 atom stereocenters. The van der Waals surface area contributed by atoms with Crippen molar-refractivity contribution in [2.75, 3.05) is 34.3 Å². The van der Waals surface area contributed by atoms with E-state index in [0.717, 1.165) is 23.9 Å². The molecule has 0 bridgehead atoms. The summed E-state index contributed by atoms with van der Waals surface area (Å²) in [6.45, 7) is 1.49. The molecule has 0 unspecified atom stereocenters. The van der Waals surface area contributed by atoms with Crippen LogP contribution in [0.25, 0.3) is 0 Å². The Morgan fingerprint density at radius 1 is 1.11 bits per heavy atom. The first kappa shape index (κ1) is 8.92. The highest BCUT2D eigenvalue weighted by molar-refractivity contribution is 4.34. The number of hydrogen-bond acceptors (Lipinski definition) is 1. The maximum Gasteiger partial charge on any atom is 0.0781 e. The van der Waals surface area contributed by atoms with E-state index in [1.165, 1.54) is 0 Å². The van der Waals surface area contributed by atoms with Crippen molar-refractivity contribution in [2.45, 2.75) is 12.8 Å². The van der Waals surface area contributed by atoms with Gasteiger partial charge in [-0.3, -0.25) is 0 Å². The van der Waals surface area contributed by atoms with Gasteiger partial charge in [0.2, 0.25) is 0 Å². The standard InChI is InChI=1S/C7H18NO/c1-8(2,3)6-4-5-7-9/h9H,4-7H2,1-3H3/q+1. The van der Waals surface area contributed by atoms with Gasteiger partial charge in [-0.25, -0.2) is 0 Å². The molecular weight excluding hydrogens is 114 g/mol. The van der Waals surface area contributed by atoms with Crippen LogP contribution in [0, 0.1) is 0 Å². The van der Waals surface area contributed by atoms with Crippen molar-refractivity contribution in [3.8, 4) is 0 Å². The Labute approximate surface area is 57.7 Å². The van der Waals surface area contributed by atoms with Crippen LogP contribution in [-0.2, 0) is 0 Å². The lowest BCUT2D eigenvalue weighted by Crippen LogP contribution is -2.35. The Kier molecular flexibility index (Phi) is 3.82. The first-order chi connectivity index (χ1) is 4.06. The largest absolute Gasteiger partial charge is 0.396 e. The summed E-state index contributed by atoms with van der Waals surface area (Å²) >= 11 is 0. The fraction of sp³-hybridized carbons (Fsp3) is 1.00. The molecule has 2 nitrogen and oxygen atoms in total. The molecule has 0 amide bonds. The second-order valence-electron chi connectivity index (χ2n) is 3.44. The second kappa shape index (κ2) is 3.85. The Balaban J connectivity index is 3.07. The minimum absolute atomic E-state index is 0.333. The minimum atomic E-state index is 0.333. The molecule has 0 heterocycles. The van der Waals surface area contributed by atoms with Gasteiger partial charge in [-0.2, -0.15) is 0 Å². The highest BCUT2D eigenvalue weighted by atomic mass is 16.2. The van der Waals surface area contributed by atoms with Gasteiger partial charge in [-0.05, 0) is 12.8 Å². The van der Waals surface area contributed by atoms with Crippen molar-refractivity contribution in [1.29, 1.82) is 0 Å². The van der Waals surface area contributed by atoms with Crippen molar-refractivity contribution in [3.63, 3.8) is 0 Å². The Morgan fingerprint density at radius 3 is 2.00 bits per heavy atom. The van der Waals surface area contributed by atoms with E-state index in [1.807, 2.05) is 0 Å². The topological polar surface area (TPSA) is 20.2 Å². The van der Waals surface area contributed by atoms with Gasteiger partial charge in [-0.1, -0.05) is 0 Å². The van der Waals surface area contributed by atoms with Crippen LogP contribution in [0.2, 0.25) is 0 Å². The van der Waals surface area contributed by atoms with Crippen LogP contribution in [0.5, 0.6) is 0 Å². The van der Waals surface area contributed by atoms with E-state index < -0.39 is 0 Å². The molecule has 0 aromatic rings. The summed E-state index contributed by atoms with van der Waals surface area (Å²) in [7, 11) is 6.49. The van der Waals surface area contributed by atoms with E-state index in [-0.39, 0.29) is 0 Å². The van der Waals surface area contributed by atoms with E-state index >= 15 is 0 Å². The molecule has 2 heteroatoms. The summed E-state index contributed by atoms with van der Waals surface area (Å²) in [5.41, 5.74) is 0. The SMILES string of the molecule is C[N+](C)(C)CCCCO. The molecule has 56 valence electrons. The van der Waals surface area contributed by atoms with Crippen LogP contribution in [0.3, 0.4) is 0 Å². The molecule has 0 aliphatic heterocycles. The predicted molar refractivity (Wildman–Crippen MR) is 39.2 cm³/mol. The average Bonchev–Trinajstić information content (AvgIpc) is 1.63. The molecule has 0 aromatic heterocycles. The molecule has 0 saturated carbocycles. The molecule has 1 N–H and O–H groups in total. The summed E-state index contributed by atoms with van der Waals surface area (Å²) in [5.74, 6) is 0. The quantitative estimate of drug-likeness (QED) is 0.435. The zero-order chi connectivity index (χ0) is 7.33. The third-order valence-electron chi connectivity index (χ3n) is 1.24. The van der Waals surface area contributed by atoms with Gasteiger partial charge in [0, 0.05) is 6.61 Å². The minimum Gasteiger partial charge on any atom is -0.396 e. The highest BCUT2D eigenvalue weighted by Crippen LogP contribution is 1.95. The van der Waals surface area contributed by atoms with Crippen LogP contribution in [0.1, 0.15) is 12.8 Å². The highest BCUT2D eigenvalue weighted by Gasteiger charge is 2.04. The van der Waals surface area contributed by atoms with Gasteiger partial charge in [0.05, 0.1) is 27.7 Å². The van der Waals surface area contributed by atoms with Crippen LogP contribution < -0.4 is 0 Å². The number of aliphatic hydroxyl groups is 1. The summed E-state index contributed by atoms with van der Waals surface area (Å²) in [6, 6.07) is 0. The van der Waals surface area contributed by atoms with Crippen LogP contribution in [-0.4, -0.2) is 43.9 Å².